The lowest BCUT2D eigenvalue weighted by molar-refractivity contribution is 0.0188. The van der Waals surface area contributed by atoms with Gasteiger partial charge in [0.2, 0.25) is 5.95 Å². The molecule has 0 saturated carbocycles. The second kappa shape index (κ2) is 12.9. The Hall–Kier alpha value is -3.25. The van der Waals surface area contributed by atoms with Gasteiger partial charge >= 0.3 is 0 Å². The van der Waals surface area contributed by atoms with E-state index >= 15 is 0 Å². The van der Waals surface area contributed by atoms with E-state index in [2.05, 4.69) is 89.5 Å². The molecule has 14 heteroatoms. The number of pyridine rings is 1. The van der Waals surface area contributed by atoms with Gasteiger partial charge in [0.1, 0.15) is 30.5 Å². The number of likely N-dealkylation sites (N-methyl/N-ethyl adjacent to an activating group) is 1. The van der Waals surface area contributed by atoms with Gasteiger partial charge in [-0.3, -0.25) is 4.90 Å². The molecule has 5 heterocycles. The monoisotopic (exact) mass is 696 g/mol. The molecule has 2 N–H and O–H groups in total. The highest BCUT2D eigenvalue weighted by molar-refractivity contribution is 9.10. The van der Waals surface area contributed by atoms with E-state index in [1.54, 1.807) is 31.2 Å². The highest BCUT2D eigenvalue weighted by Crippen LogP contribution is 2.40. The van der Waals surface area contributed by atoms with Crippen molar-refractivity contribution in [1.82, 2.24) is 34.4 Å². The first-order valence-electron chi connectivity index (χ1n) is 15.4. The van der Waals surface area contributed by atoms with Gasteiger partial charge in [-0.15, -0.1) is 0 Å². The summed E-state index contributed by atoms with van der Waals surface area (Å²) in [4.78, 5) is 21.0. The summed E-state index contributed by atoms with van der Waals surface area (Å²) in [5.41, 5.74) is 5.10. The minimum Gasteiger partial charge on any atom is -0.494 e. The first-order valence-corrected chi connectivity index (χ1v) is 18.8. The molecule has 0 unspecified atom stereocenters. The molecule has 4 aromatic rings. The Morgan fingerprint density at radius 2 is 1.84 bits per heavy atom. The van der Waals surface area contributed by atoms with Crippen LogP contribution in [-0.4, -0.2) is 107 Å². The molecule has 240 valence electrons. The van der Waals surface area contributed by atoms with Gasteiger partial charge in [0.05, 0.1) is 23.0 Å². The summed E-state index contributed by atoms with van der Waals surface area (Å²) < 4.78 is 21.4. The number of fused-ring (bicyclic) bond motifs is 1. The van der Waals surface area contributed by atoms with E-state index in [0.29, 0.717) is 45.1 Å². The number of likely N-dealkylation sites (tertiary alicyclic amines) is 1. The predicted octanol–water partition coefficient (Wildman–Crippen LogP) is 4.80. The molecule has 2 aliphatic rings. The van der Waals surface area contributed by atoms with Crippen molar-refractivity contribution in [2.45, 2.75) is 38.3 Å². The van der Waals surface area contributed by atoms with Crippen LogP contribution in [0.15, 0.2) is 41.3 Å². The van der Waals surface area contributed by atoms with Crippen LogP contribution in [-0.2, 0) is 11.0 Å². The molecule has 2 saturated heterocycles. The quantitative estimate of drug-likeness (QED) is 0.223. The summed E-state index contributed by atoms with van der Waals surface area (Å²) in [5.74, 6) is 1.66. The Morgan fingerprint density at radius 3 is 2.51 bits per heavy atom. The van der Waals surface area contributed by atoms with Crippen LogP contribution in [0.2, 0.25) is 0 Å². The number of anilines is 5. The molecule has 0 radical (unpaired) electrons. The molecule has 3 aromatic heterocycles. The lowest BCUT2D eigenvalue weighted by Gasteiger charge is -2.49. The second-order valence-corrected chi connectivity index (χ2v) is 16.4. The summed E-state index contributed by atoms with van der Waals surface area (Å²) in [7, 11) is 3.31. The van der Waals surface area contributed by atoms with Gasteiger partial charge in [0.25, 0.3) is 0 Å². The highest BCUT2D eigenvalue weighted by Gasteiger charge is 2.35. The fourth-order valence-electron chi connectivity index (χ4n) is 6.30. The van der Waals surface area contributed by atoms with Gasteiger partial charge < -0.3 is 29.7 Å². The number of piperidine rings is 1. The van der Waals surface area contributed by atoms with Gasteiger partial charge in [0.15, 0.2) is 5.65 Å². The van der Waals surface area contributed by atoms with Crippen molar-refractivity contribution in [3.05, 3.63) is 46.8 Å². The third-order valence-electron chi connectivity index (χ3n) is 8.89. The number of halogens is 1. The van der Waals surface area contributed by atoms with Crippen LogP contribution in [0.5, 0.6) is 5.75 Å². The number of hydrogen-bond acceptors (Lipinski definition) is 11. The van der Waals surface area contributed by atoms with Gasteiger partial charge in [0, 0.05) is 56.2 Å². The first kappa shape index (κ1) is 31.7. The molecule has 2 aliphatic heterocycles. The molecule has 1 aromatic carbocycles. The predicted molar refractivity (Wildman–Crippen MR) is 185 cm³/mol. The molecule has 0 bridgehead atoms. The summed E-state index contributed by atoms with van der Waals surface area (Å²) in [6.07, 6.45) is 6.38. The van der Waals surface area contributed by atoms with E-state index in [1.165, 1.54) is 43.5 Å². The van der Waals surface area contributed by atoms with Crippen LogP contribution in [0.3, 0.4) is 0 Å². The number of nitrogens with zero attached hydrogens (tertiary/aromatic N) is 8. The van der Waals surface area contributed by atoms with E-state index in [4.69, 9.17) is 9.72 Å². The molecular formula is C31H42BrN10O2P. The number of aryl methyl sites for hydroxylation is 1. The lowest BCUT2D eigenvalue weighted by atomic mass is 9.96. The maximum Gasteiger partial charge on any atom is 0.229 e. The highest BCUT2D eigenvalue weighted by atomic mass is 79.9. The molecule has 0 amide bonds. The molecule has 0 atom stereocenters. The number of hydrogen-bond donors (Lipinski definition) is 2. The smallest absolute Gasteiger partial charge is 0.229 e. The van der Waals surface area contributed by atoms with E-state index in [1.807, 2.05) is 12.1 Å². The number of aromatic nitrogens is 5. The van der Waals surface area contributed by atoms with Crippen molar-refractivity contribution in [2.75, 3.05) is 76.2 Å². The zero-order valence-corrected chi connectivity index (χ0v) is 29.3. The van der Waals surface area contributed by atoms with Crippen LogP contribution in [0.1, 0.15) is 25.3 Å². The first-order chi connectivity index (χ1) is 21.5. The number of ether oxygens (including phenoxy) is 1. The Morgan fingerprint density at radius 1 is 1.09 bits per heavy atom. The van der Waals surface area contributed by atoms with Gasteiger partial charge in [-0.2, -0.15) is 10.1 Å². The summed E-state index contributed by atoms with van der Waals surface area (Å²) >= 11 is 3.57. The van der Waals surface area contributed by atoms with Crippen LogP contribution in [0.4, 0.5) is 28.8 Å². The summed E-state index contributed by atoms with van der Waals surface area (Å²) in [5, 5.41) is 11.0. The SMILES string of the molecule is CCc1cc(Nc2ncc(Br)c(Nc3ccc4ncnn4c3P(C)(C)=O)n2)c(OC)cc1N1CCC(N2CC(N(C)C)C2)CC1. The van der Waals surface area contributed by atoms with Crippen molar-refractivity contribution in [2.24, 2.45) is 0 Å². The lowest BCUT2D eigenvalue weighted by Crippen LogP contribution is -2.62. The van der Waals surface area contributed by atoms with E-state index in [9.17, 15) is 4.57 Å². The fraction of sp³-hybridized carbons (Fsp3) is 0.484. The van der Waals surface area contributed by atoms with Crippen molar-refractivity contribution in [1.29, 1.82) is 0 Å². The maximum atomic E-state index is 13.3. The zero-order valence-electron chi connectivity index (χ0n) is 26.8. The molecule has 6 rings (SSSR count). The minimum absolute atomic E-state index is 0.403. The molecule has 12 nitrogen and oxygen atoms in total. The standard InChI is InChI=1S/C31H42BrN10O2P/c1-7-20-14-25(27(44-4)15-26(20)40-12-10-21(11-13-40)41-17-22(18-41)39(2)3)37-31-33-16-23(32)29(38-31)36-24-8-9-28-34-19-35-42(28)30(24)45(5,6)43/h8-9,14-16,19,21-22H,7,10-13,17-18H2,1-6H3,(H2,33,36,37,38). The molecular weight excluding hydrogens is 655 g/mol. The molecule has 0 aliphatic carbocycles. The topological polar surface area (TPSA) is 116 Å². The van der Waals surface area contributed by atoms with Gasteiger partial charge in [-0.25, -0.2) is 14.5 Å². The van der Waals surface area contributed by atoms with Gasteiger partial charge in [-0.05, 0) is 86.4 Å². The molecule has 0 spiro atoms. The average Bonchev–Trinajstić information content (AvgIpc) is 3.46. The van der Waals surface area contributed by atoms with E-state index < -0.39 is 7.14 Å². The largest absolute Gasteiger partial charge is 0.494 e. The Labute approximate surface area is 273 Å². The van der Waals surface area contributed by atoms with Crippen LogP contribution >= 0.6 is 23.1 Å². The number of nitrogens with one attached hydrogen (secondary N) is 2. The second-order valence-electron chi connectivity index (χ2n) is 12.4. The van der Waals surface area contributed by atoms with Crippen molar-refractivity contribution >= 4 is 63.0 Å². The zero-order chi connectivity index (χ0) is 31.9. The van der Waals surface area contributed by atoms with Gasteiger partial charge in [-0.1, -0.05) is 6.92 Å². The Kier molecular flexibility index (Phi) is 9.07. The van der Waals surface area contributed by atoms with E-state index in [0.717, 1.165) is 30.9 Å². The number of benzene rings is 1. The van der Waals surface area contributed by atoms with Crippen molar-refractivity contribution < 1.29 is 9.30 Å². The van der Waals surface area contributed by atoms with Crippen LogP contribution in [0, 0.1) is 0 Å². The minimum atomic E-state index is -2.74. The molecule has 45 heavy (non-hydrogen) atoms. The van der Waals surface area contributed by atoms with Crippen molar-refractivity contribution in [3.63, 3.8) is 0 Å². The number of rotatable bonds is 10. The molecule has 2 fully saturated rings. The summed E-state index contributed by atoms with van der Waals surface area (Å²) in [6.45, 7) is 10.0. The number of methoxy groups -OCH3 is 1. The normalized spacial score (nSPS) is 16.8. The van der Waals surface area contributed by atoms with Crippen LogP contribution < -0.4 is 25.7 Å². The van der Waals surface area contributed by atoms with Crippen LogP contribution in [0.25, 0.3) is 5.65 Å². The van der Waals surface area contributed by atoms with E-state index in [-0.39, 0.29) is 0 Å². The third-order valence-corrected chi connectivity index (χ3v) is 10.9. The third kappa shape index (κ3) is 6.54. The Bertz CT molecular complexity index is 1730. The summed E-state index contributed by atoms with van der Waals surface area (Å²) in [6, 6.07) is 9.33. The Balaban J connectivity index is 1.21. The fourth-order valence-corrected chi connectivity index (χ4v) is 7.91. The average molecular weight is 698 g/mol. The van der Waals surface area contributed by atoms with Crippen molar-refractivity contribution in [3.8, 4) is 5.75 Å². The maximum absolute atomic E-state index is 13.3.